The molecule has 0 radical (unpaired) electrons. The van der Waals surface area contributed by atoms with E-state index in [-0.39, 0.29) is 11.1 Å². The second kappa shape index (κ2) is 7.84. The van der Waals surface area contributed by atoms with Gasteiger partial charge in [-0.3, -0.25) is 4.79 Å². The van der Waals surface area contributed by atoms with Gasteiger partial charge in [0.1, 0.15) is 17.4 Å². The van der Waals surface area contributed by atoms with E-state index in [0.29, 0.717) is 33.5 Å². The highest BCUT2D eigenvalue weighted by molar-refractivity contribution is 5.84. The van der Waals surface area contributed by atoms with Gasteiger partial charge in [-0.1, -0.05) is 36.4 Å². The first-order valence-corrected chi connectivity index (χ1v) is 9.59. The van der Waals surface area contributed by atoms with Crippen molar-refractivity contribution in [2.24, 2.45) is 0 Å². The Hall–Kier alpha value is -3.91. The number of nitrogens with one attached hydrogen (secondary N) is 1. The molecule has 2 heterocycles. The minimum atomic E-state index is -1.39. The van der Waals surface area contributed by atoms with Gasteiger partial charge >= 0.3 is 0 Å². The minimum absolute atomic E-state index is 0.125. The molecule has 1 atom stereocenters. The molecule has 0 aliphatic heterocycles. The molecule has 0 amide bonds. The maximum atomic E-state index is 13.2. The zero-order valence-corrected chi connectivity index (χ0v) is 17.0. The third-order valence-electron chi connectivity index (χ3n) is 5.04. The van der Waals surface area contributed by atoms with Gasteiger partial charge in [0.05, 0.1) is 18.5 Å². The zero-order chi connectivity index (χ0) is 22.2. The standard InChI is InChI=1S/C25H21N3O2/c1-15-12-19(17(3)28-21-10-7-11-27-22(21)14-26)25-20(13-15)23(29)16(2)24(30-25)18-8-5-4-6-9-18/h4-13,17,28H,1-3H3/t17-/m1/s1/i17D. The number of aryl methyl sites for hydroxylation is 1. The largest absolute Gasteiger partial charge is 0.455 e. The number of pyridine rings is 1. The maximum absolute atomic E-state index is 13.2. The number of nitriles is 1. The van der Waals surface area contributed by atoms with Gasteiger partial charge in [-0.2, -0.15) is 5.26 Å². The van der Waals surface area contributed by atoms with E-state index in [2.05, 4.69) is 10.3 Å². The molecule has 0 saturated carbocycles. The van der Waals surface area contributed by atoms with Crippen LogP contribution in [0.3, 0.4) is 0 Å². The Morgan fingerprint density at radius 3 is 2.67 bits per heavy atom. The second-order valence-corrected chi connectivity index (χ2v) is 7.20. The van der Waals surface area contributed by atoms with Gasteiger partial charge in [0, 0.05) is 22.9 Å². The average molecular weight is 396 g/mol. The van der Waals surface area contributed by atoms with Crippen LogP contribution in [0, 0.1) is 25.2 Å². The fraction of sp³-hybridized carbons (Fsp3) is 0.160. The molecule has 2 aromatic heterocycles. The Morgan fingerprint density at radius 1 is 1.17 bits per heavy atom. The van der Waals surface area contributed by atoms with Crippen LogP contribution in [-0.2, 0) is 0 Å². The van der Waals surface area contributed by atoms with Crippen LogP contribution in [0.25, 0.3) is 22.3 Å². The Bertz CT molecular complexity index is 1390. The summed E-state index contributed by atoms with van der Waals surface area (Å²) in [7, 11) is 0. The average Bonchev–Trinajstić information content (AvgIpc) is 2.77. The van der Waals surface area contributed by atoms with Crippen LogP contribution >= 0.6 is 0 Å². The van der Waals surface area contributed by atoms with E-state index in [4.69, 9.17) is 5.79 Å². The topological polar surface area (TPSA) is 78.9 Å². The van der Waals surface area contributed by atoms with Gasteiger partial charge in [-0.05, 0) is 44.5 Å². The molecule has 4 rings (SSSR count). The van der Waals surface area contributed by atoms with Gasteiger partial charge in [0.25, 0.3) is 0 Å². The first kappa shape index (κ1) is 18.1. The molecule has 0 bridgehead atoms. The number of aromatic nitrogens is 1. The summed E-state index contributed by atoms with van der Waals surface area (Å²) < 4.78 is 15.3. The van der Waals surface area contributed by atoms with Crippen molar-refractivity contribution in [3.05, 3.63) is 93.4 Å². The van der Waals surface area contributed by atoms with Crippen LogP contribution in [0.2, 0.25) is 0 Å². The van der Waals surface area contributed by atoms with E-state index in [0.717, 1.165) is 11.1 Å². The summed E-state index contributed by atoms with van der Waals surface area (Å²) >= 11 is 0. The Kier molecular flexibility index (Phi) is 4.74. The molecule has 0 saturated heterocycles. The molecule has 4 aromatic rings. The lowest BCUT2D eigenvalue weighted by molar-refractivity contribution is 0.605. The molecule has 0 aliphatic rings. The van der Waals surface area contributed by atoms with E-state index < -0.39 is 6.02 Å². The Labute approximate surface area is 176 Å². The van der Waals surface area contributed by atoms with Gasteiger partial charge in [-0.25, -0.2) is 4.98 Å². The van der Waals surface area contributed by atoms with Gasteiger partial charge < -0.3 is 9.73 Å². The molecule has 0 spiro atoms. The van der Waals surface area contributed by atoms with E-state index >= 15 is 0 Å². The van der Waals surface area contributed by atoms with E-state index in [1.54, 1.807) is 32.0 Å². The summed E-state index contributed by atoms with van der Waals surface area (Å²) in [6.07, 6.45) is 1.53. The van der Waals surface area contributed by atoms with E-state index in [1.807, 2.05) is 49.4 Å². The highest BCUT2D eigenvalue weighted by Gasteiger charge is 2.19. The first-order valence-electron chi connectivity index (χ1n) is 10.1. The molecule has 30 heavy (non-hydrogen) atoms. The minimum Gasteiger partial charge on any atom is -0.455 e. The lowest BCUT2D eigenvalue weighted by Crippen LogP contribution is -2.13. The lowest BCUT2D eigenvalue weighted by Gasteiger charge is -2.19. The van der Waals surface area contributed by atoms with Crippen molar-refractivity contribution in [3.8, 4) is 17.4 Å². The molecule has 2 aromatic carbocycles. The van der Waals surface area contributed by atoms with Crippen molar-refractivity contribution in [1.82, 2.24) is 4.98 Å². The number of hydrogen-bond donors (Lipinski definition) is 1. The zero-order valence-electron chi connectivity index (χ0n) is 18.0. The van der Waals surface area contributed by atoms with Crippen LogP contribution in [0.4, 0.5) is 5.69 Å². The third-order valence-corrected chi connectivity index (χ3v) is 5.04. The van der Waals surface area contributed by atoms with Crippen molar-refractivity contribution in [2.45, 2.75) is 26.8 Å². The highest BCUT2D eigenvalue weighted by Crippen LogP contribution is 2.32. The maximum Gasteiger partial charge on any atom is 0.196 e. The number of rotatable bonds is 4. The van der Waals surface area contributed by atoms with Crippen molar-refractivity contribution in [3.63, 3.8) is 0 Å². The molecule has 5 nitrogen and oxygen atoms in total. The van der Waals surface area contributed by atoms with Crippen LogP contribution in [-0.4, -0.2) is 4.98 Å². The molecular weight excluding hydrogens is 374 g/mol. The van der Waals surface area contributed by atoms with Crippen LogP contribution in [0.5, 0.6) is 0 Å². The van der Waals surface area contributed by atoms with Crippen LogP contribution in [0.1, 0.15) is 36.7 Å². The molecule has 148 valence electrons. The third kappa shape index (κ3) is 3.44. The predicted molar refractivity (Wildman–Crippen MR) is 118 cm³/mol. The second-order valence-electron chi connectivity index (χ2n) is 7.20. The summed E-state index contributed by atoms with van der Waals surface area (Å²) in [4.78, 5) is 17.3. The van der Waals surface area contributed by atoms with Crippen molar-refractivity contribution in [2.75, 3.05) is 5.32 Å². The van der Waals surface area contributed by atoms with Gasteiger partial charge in [0.2, 0.25) is 0 Å². The van der Waals surface area contributed by atoms with Crippen molar-refractivity contribution in [1.29, 1.82) is 5.26 Å². The van der Waals surface area contributed by atoms with E-state index in [9.17, 15) is 10.1 Å². The quantitative estimate of drug-likeness (QED) is 0.491. The number of anilines is 1. The number of hydrogen-bond acceptors (Lipinski definition) is 5. The van der Waals surface area contributed by atoms with Crippen molar-refractivity contribution >= 4 is 16.7 Å². The molecule has 0 fully saturated rings. The highest BCUT2D eigenvalue weighted by atomic mass is 16.3. The van der Waals surface area contributed by atoms with Crippen molar-refractivity contribution < 1.29 is 5.79 Å². The normalized spacial score (nSPS) is 13.3. The Morgan fingerprint density at radius 2 is 1.93 bits per heavy atom. The van der Waals surface area contributed by atoms with Gasteiger partial charge in [0.15, 0.2) is 11.1 Å². The fourth-order valence-corrected chi connectivity index (χ4v) is 3.54. The lowest BCUT2D eigenvalue weighted by atomic mass is 9.98. The summed E-state index contributed by atoms with van der Waals surface area (Å²) in [6, 6.07) is 17.1. The monoisotopic (exact) mass is 396 g/mol. The predicted octanol–water partition coefficient (Wildman–Crippen LogP) is 5.52. The summed E-state index contributed by atoms with van der Waals surface area (Å²) in [5.41, 5.74) is 3.53. The number of nitrogens with zero attached hydrogens (tertiary/aromatic N) is 2. The van der Waals surface area contributed by atoms with Crippen LogP contribution in [0.15, 0.2) is 70.0 Å². The Balaban J connectivity index is 1.96. The summed E-state index contributed by atoms with van der Waals surface area (Å²) in [6.45, 7) is 5.30. The molecule has 5 heteroatoms. The summed E-state index contributed by atoms with van der Waals surface area (Å²) in [5.74, 6) is 0.484. The van der Waals surface area contributed by atoms with E-state index in [1.165, 1.54) is 6.20 Å². The fourth-order valence-electron chi connectivity index (χ4n) is 3.54. The summed E-state index contributed by atoms with van der Waals surface area (Å²) in [5, 5.41) is 12.9. The van der Waals surface area contributed by atoms with Crippen LogP contribution < -0.4 is 10.7 Å². The molecule has 1 N–H and O–H groups in total. The van der Waals surface area contributed by atoms with Gasteiger partial charge in [-0.15, -0.1) is 0 Å². The number of fused-ring (bicyclic) bond motifs is 1. The molecule has 0 aliphatic carbocycles. The first-order chi connectivity index (χ1) is 14.8. The SMILES string of the molecule is [2H][C@](C)(Nc1cccnc1C#N)c1cc(C)cc2c(=O)c(C)c(-c3ccccc3)oc12. The number of benzene rings is 2. The smallest absolute Gasteiger partial charge is 0.196 e. The molecule has 0 unspecified atom stereocenters. The molecular formula is C25H21N3O2.